The van der Waals surface area contributed by atoms with Crippen molar-refractivity contribution in [2.45, 2.75) is 18.9 Å². The molecule has 0 fully saturated rings. The summed E-state index contributed by atoms with van der Waals surface area (Å²) in [6.07, 6.45) is 2.12. The maximum Gasteiger partial charge on any atom is 0.136 e. The molecule has 0 saturated heterocycles. The molecule has 42 heavy (non-hydrogen) atoms. The molecule has 3 nitrogen and oxygen atoms in total. The summed E-state index contributed by atoms with van der Waals surface area (Å²) in [7, 11) is 0. The van der Waals surface area contributed by atoms with E-state index in [1.54, 1.807) is 0 Å². The number of hydrogen-bond acceptors (Lipinski definition) is 2. The van der Waals surface area contributed by atoms with E-state index in [4.69, 9.17) is 4.42 Å². The van der Waals surface area contributed by atoms with Crippen molar-refractivity contribution in [3.63, 3.8) is 0 Å². The summed E-state index contributed by atoms with van der Waals surface area (Å²) in [5.41, 5.74) is 13.7. The molecule has 3 heteroatoms. The van der Waals surface area contributed by atoms with Crippen LogP contribution in [-0.2, 0) is 12.8 Å². The van der Waals surface area contributed by atoms with Crippen LogP contribution in [0.3, 0.4) is 0 Å². The van der Waals surface area contributed by atoms with Gasteiger partial charge >= 0.3 is 0 Å². The van der Waals surface area contributed by atoms with Crippen LogP contribution in [0.15, 0.2) is 132 Å². The lowest BCUT2D eigenvalue weighted by Gasteiger charge is -2.21. The number of hydrogen-bond donors (Lipinski definition) is 0. The standard InChI is InChI=1S/C39H26N2O/c1-4-12-35-30(8-1)31-9-2-5-13-36(31)40(35)27-17-19-34-26(21-27)23-28-22-25-20-24(16-18-33(25)41(28)34)29-11-7-15-38-39(29)32-10-3-6-14-37(32)42-38/h1-21,28H,22-23H2. The lowest BCUT2D eigenvalue weighted by molar-refractivity contribution is 0.669. The van der Waals surface area contributed by atoms with Gasteiger partial charge in [0.25, 0.3) is 0 Å². The van der Waals surface area contributed by atoms with Gasteiger partial charge in [0.2, 0.25) is 0 Å². The quantitative estimate of drug-likeness (QED) is 0.218. The van der Waals surface area contributed by atoms with Crippen LogP contribution in [0.4, 0.5) is 11.4 Å². The fourth-order valence-corrected chi connectivity index (χ4v) is 7.76. The molecule has 2 aromatic heterocycles. The zero-order valence-corrected chi connectivity index (χ0v) is 22.9. The van der Waals surface area contributed by atoms with Crippen LogP contribution in [0.25, 0.3) is 60.6 Å². The van der Waals surface area contributed by atoms with Crippen molar-refractivity contribution in [2.75, 3.05) is 4.90 Å². The summed E-state index contributed by atoms with van der Waals surface area (Å²) in [6, 6.07) is 46.8. The summed E-state index contributed by atoms with van der Waals surface area (Å²) < 4.78 is 8.61. The molecule has 2 aliphatic rings. The molecule has 0 bridgehead atoms. The Morgan fingerprint density at radius 2 is 1.19 bits per heavy atom. The zero-order chi connectivity index (χ0) is 27.4. The van der Waals surface area contributed by atoms with Gasteiger partial charge in [-0.3, -0.25) is 0 Å². The molecule has 8 aromatic rings. The number of nitrogens with zero attached hydrogens (tertiary/aromatic N) is 2. The Labute approximate surface area is 242 Å². The first-order valence-corrected chi connectivity index (χ1v) is 14.8. The first-order valence-electron chi connectivity index (χ1n) is 14.8. The van der Waals surface area contributed by atoms with Gasteiger partial charge in [-0.2, -0.15) is 0 Å². The van der Waals surface area contributed by atoms with Crippen LogP contribution in [-0.4, -0.2) is 10.6 Å². The third kappa shape index (κ3) is 2.95. The number of benzene rings is 6. The van der Waals surface area contributed by atoms with Crippen LogP contribution >= 0.6 is 0 Å². The summed E-state index contributed by atoms with van der Waals surface area (Å²) >= 11 is 0. The molecule has 0 N–H and O–H groups in total. The number of para-hydroxylation sites is 3. The predicted octanol–water partition coefficient (Wildman–Crippen LogP) is 9.97. The average Bonchev–Trinajstić information content (AvgIpc) is 3.77. The molecule has 0 spiro atoms. The van der Waals surface area contributed by atoms with E-state index in [1.165, 1.54) is 71.9 Å². The third-order valence-corrected chi connectivity index (χ3v) is 9.49. The summed E-state index contributed by atoms with van der Waals surface area (Å²) in [5, 5.41) is 4.99. The fraction of sp³-hybridized carbons (Fsp3) is 0.0769. The van der Waals surface area contributed by atoms with E-state index >= 15 is 0 Å². The summed E-state index contributed by atoms with van der Waals surface area (Å²) in [6.45, 7) is 0. The Morgan fingerprint density at radius 3 is 1.98 bits per heavy atom. The number of rotatable bonds is 2. The van der Waals surface area contributed by atoms with E-state index in [2.05, 4.69) is 131 Å². The van der Waals surface area contributed by atoms with Crippen molar-refractivity contribution in [3.8, 4) is 16.8 Å². The molecular weight excluding hydrogens is 512 g/mol. The zero-order valence-electron chi connectivity index (χ0n) is 22.9. The van der Waals surface area contributed by atoms with Gasteiger partial charge in [0, 0.05) is 44.6 Å². The maximum absolute atomic E-state index is 6.18. The highest BCUT2D eigenvalue weighted by atomic mass is 16.3. The van der Waals surface area contributed by atoms with E-state index < -0.39 is 0 Å². The monoisotopic (exact) mass is 538 g/mol. The van der Waals surface area contributed by atoms with Crippen molar-refractivity contribution in [3.05, 3.63) is 139 Å². The highest BCUT2D eigenvalue weighted by molar-refractivity contribution is 6.12. The number of anilines is 2. The molecule has 0 radical (unpaired) electrons. The normalized spacial score (nSPS) is 15.6. The van der Waals surface area contributed by atoms with Gasteiger partial charge in [-0.1, -0.05) is 72.8 Å². The van der Waals surface area contributed by atoms with Gasteiger partial charge in [0.1, 0.15) is 11.2 Å². The van der Waals surface area contributed by atoms with E-state index in [0.29, 0.717) is 6.04 Å². The second-order valence-corrected chi connectivity index (χ2v) is 11.7. The topological polar surface area (TPSA) is 21.3 Å². The first kappa shape index (κ1) is 22.4. The van der Waals surface area contributed by atoms with Crippen LogP contribution in [0.1, 0.15) is 11.1 Å². The van der Waals surface area contributed by atoms with Gasteiger partial charge in [0.05, 0.1) is 11.0 Å². The minimum atomic E-state index is 0.462. The number of aromatic nitrogens is 1. The van der Waals surface area contributed by atoms with Crippen molar-refractivity contribution in [1.29, 1.82) is 0 Å². The average molecular weight is 539 g/mol. The summed E-state index contributed by atoms with van der Waals surface area (Å²) in [4.78, 5) is 2.58. The van der Waals surface area contributed by atoms with Crippen LogP contribution in [0.2, 0.25) is 0 Å². The number of fused-ring (bicyclic) bond motifs is 11. The SMILES string of the molecule is c1ccc2c(c1)oc1cccc(-c3ccc4c(c3)CC3Cc5cc(-n6c7ccccc7c7ccccc76)ccc5N43)c12. The van der Waals surface area contributed by atoms with Crippen LogP contribution in [0, 0.1) is 0 Å². The number of furan rings is 1. The molecule has 0 amide bonds. The van der Waals surface area contributed by atoms with Crippen molar-refractivity contribution in [2.24, 2.45) is 0 Å². The minimum Gasteiger partial charge on any atom is -0.456 e. The maximum atomic E-state index is 6.18. The Balaban J connectivity index is 1.07. The Kier molecular flexibility index (Phi) is 4.35. The Morgan fingerprint density at radius 1 is 0.548 bits per heavy atom. The van der Waals surface area contributed by atoms with Gasteiger partial charge < -0.3 is 13.9 Å². The summed E-state index contributed by atoms with van der Waals surface area (Å²) in [5.74, 6) is 0. The molecular formula is C39H26N2O. The predicted molar refractivity (Wildman–Crippen MR) is 173 cm³/mol. The molecule has 2 aliphatic heterocycles. The smallest absolute Gasteiger partial charge is 0.136 e. The minimum absolute atomic E-state index is 0.462. The van der Waals surface area contributed by atoms with Crippen molar-refractivity contribution >= 4 is 55.1 Å². The van der Waals surface area contributed by atoms with Gasteiger partial charge in [-0.15, -0.1) is 0 Å². The highest BCUT2D eigenvalue weighted by Crippen LogP contribution is 2.48. The largest absolute Gasteiger partial charge is 0.456 e. The molecule has 0 aliphatic carbocycles. The first-order chi connectivity index (χ1) is 20.8. The van der Waals surface area contributed by atoms with Crippen LogP contribution in [0.5, 0.6) is 0 Å². The fourth-order valence-electron chi connectivity index (χ4n) is 7.76. The van der Waals surface area contributed by atoms with Gasteiger partial charge in [-0.25, -0.2) is 0 Å². The Bertz CT molecular complexity index is 2340. The molecule has 1 atom stereocenters. The van der Waals surface area contributed by atoms with E-state index in [-0.39, 0.29) is 0 Å². The van der Waals surface area contributed by atoms with E-state index in [9.17, 15) is 0 Å². The lowest BCUT2D eigenvalue weighted by Crippen LogP contribution is -2.22. The van der Waals surface area contributed by atoms with E-state index in [0.717, 1.165) is 24.0 Å². The van der Waals surface area contributed by atoms with Gasteiger partial charge in [-0.05, 0) is 89.7 Å². The van der Waals surface area contributed by atoms with Crippen molar-refractivity contribution in [1.82, 2.24) is 4.57 Å². The molecule has 0 saturated carbocycles. The molecule has 198 valence electrons. The second kappa shape index (κ2) is 8.14. The molecule has 6 aromatic carbocycles. The lowest BCUT2D eigenvalue weighted by atomic mass is 9.96. The van der Waals surface area contributed by atoms with Gasteiger partial charge in [0.15, 0.2) is 0 Å². The highest BCUT2D eigenvalue weighted by Gasteiger charge is 2.37. The molecule has 4 heterocycles. The Hall–Kier alpha value is -5.28. The molecule has 1 unspecified atom stereocenters. The second-order valence-electron chi connectivity index (χ2n) is 11.7. The molecule has 10 rings (SSSR count). The third-order valence-electron chi connectivity index (χ3n) is 9.49. The van der Waals surface area contributed by atoms with E-state index in [1.807, 2.05) is 6.07 Å². The van der Waals surface area contributed by atoms with Crippen LogP contribution < -0.4 is 4.90 Å². The van der Waals surface area contributed by atoms with Crippen molar-refractivity contribution < 1.29 is 4.42 Å².